The molecule has 148 valence electrons. The van der Waals surface area contributed by atoms with E-state index in [2.05, 4.69) is 13.5 Å². The third kappa shape index (κ3) is 5.45. The van der Waals surface area contributed by atoms with Gasteiger partial charge in [0.1, 0.15) is 12.2 Å². The summed E-state index contributed by atoms with van der Waals surface area (Å²) in [4.78, 5) is 25.8. The minimum absolute atomic E-state index is 0.151. The van der Waals surface area contributed by atoms with Gasteiger partial charge in [-0.2, -0.15) is 13.2 Å². The first kappa shape index (κ1) is 20.7. The number of nitro benzene ring substituents is 1. The zero-order valence-electron chi connectivity index (χ0n) is 15.0. The van der Waals surface area contributed by atoms with E-state index in [1.807, 2.05) is 4.90 Å². The lowest BCUT2D eigenvalue weighted by Gasteiger charge is -2.32. The summed E-state index contributed by atoms with van der Waals surface area (Å²) in [5.74, 6) is -0.539. The Kier molecular flexibility index (Phi) is 6.45. The second kappa shape index (κ2) is 8.41. The van der Waals surface area contributed by atoms with Crippen molar-refractivity contribution >= 4 is 17.3 Å². The zero-order chi connectivity index (χ0) is 20.2. The summed E-state index contributed by atoms with van der Waals surface area (Å²) in [5, 5.41) is 11.5. The number of hydrogen-bond acceptors (Lipinski definition) is 4. The average molecular weight is 385 g/mol. The molecule has 1 heterocycles. The van der Waals surface area contributed by atoms with Crippen molar-refractivity contribution in [3.63, 3.8) is 0 Å². The molecule has 1 unspecified atom stereocenters. The number of carbonyl (C=O) groups excluding carboxylic acids is 1. The molecule has 1 aliphatic heterocycles. The maximum absolute atomic E-state index is 12.7. The number of amides is 1. The Morgan fingerprint density at radius 1 is 1.48 bits per heavy atom. The Bertz CT molecular complexity index is 722. The predicted octanol–water partition coefficient (Wildman–Crippen LogP) is 4.02. The first-order valence-electron chi connectivity index (χ1n) is 8.62. The maximum Gasteiger partial charge on any atom is 0.406 e. The first-order valence-corrected chi connectivity index (χ1v) is 8.62. The number of hydrogen-bond donors (Lipinski definition) is 0. The molecule has 1 saturated heterocycles. The van der Waals surface area contributed by atoms with Gasteiger partial charge in [-0.25, -0.2) is 0 Å². The highest BCUT2D eigenvalue weighted by Gasteiger charge is 2.33. The fraction of sp³-hybridized carbons (Fsp3) is 0.500. The van der Waals surface area contributed by atoms with Crippen LogP contribution in [0.4, 0.5) is 24.5 Å². The van der Waals surface area contributed by atoms with Crippen molar-refractivity contribution in [3.05, 3.63) is 46.5 Å². The van der Waals surface area contributed by atoms with Crippen LogP contribution in [-0.2, 0) is 0 Å². The molecule has 2 rings (SSSR count). The molecule has 1 aromatic rings. The van der Waals surface area contributed by atoms with E-state index in [0.29, 0.717) is 29.6 Å². The molecule has 1 amide bonds. The Morgan fingerprint density at radius 2 is 2.19 bits per heavy atom. The summed E-state index contributed by atoms with van der Waals surface area (Å²) in [6, 6.07) is 3.85. The Hall–Kier alpha value is -2.58. The summed E-state index contributed by atoms with van der Waals surface area (Å²) in [6.07, 6.45) is -1.46. The van der Waals surface area contributed by atoms with E-state index in [0.717, 1.165) is 18.9 Å². The lowest BCUT2D eigenvalue weighted by atomic mass is 9.99. The van der Waals surface area contributed by atoms with Crippen LogP contribution >= 0.6 is 0 Å². The lowest BCUT2D eigenvalue weighted by Crippen LogP contribution is -2.39. The molecule has 0 saturated carbocycles. The minimum Gasteiger partial charge on any atom is -0.366 e. The molecule has 1 aliphatic rings. The highest BCUT2D eigenvalue weighted by Crippen LogP contribution is 2.33. The lowest BCUT2D eigenvalue weighted by molar-refractivity contribution is -0.384. The number of benzene rings is 1. The number of nitro groups is 1. The molecule has 0 spiro atoms. The maximum atomic E-state index is 12.7. The molecule has 0 N–H and O–H groups in total. The average Bonchev–Trinajstić information content (AvgIpc) is 2.59. The van der Waals surface area contributed by atoms with Crippen molar-refractivity contribution < 1.29 is 22.9 Å². The van der Waals surface area contributed by atoms with E-state index < -0.39 is 23.6 Å². The molecule has 0 aliphatic carbocycles. The van der Waals surface area contributed by atoms with Crippen LogP contribution in [-0.4, -0.2) is 48.1 Å². The van der Waals surface area contributed by atoms with Gasteiger partial charge in [0.05, 0.1) is 4.92 Å². The molecule has 0 aromatic heterocycles. The minimum atomic E-state index is -4.57. The van der Waals surface area contributed by atoms with Gasteiger partial charge in [-0.3, -0.25) is 14.9 Å². The predicted molar refractivity (Wildman–Crippen MR) is 95.9 cm³/mol. The third-order valence-electron chi connectivity index (χ3n) is 4.42. The van der Waals surface area contributed by atoms with Gasteiger partial charge in [0, 0.05) is 31.3 Å². The molecule has 0 radical (unpaired) electrons. The topological polar surface area (TPSA) is 66.7 Å². The second-order valence-electron chi connectivity index (χ2n) is 6.74. The number of carbonyl (C=O) groups is 1. The van der Waals surface area contributed by atoms with Gasteiger partial charge in [0.2, 0.25) is 0 Å². The molecule has 9 heteroatoms. The van der Waals surface area contributed by atoms with E-state index in [1.54, 1.807) is 0 Å². The van der Waals surface area contributed by atoms with Crippen LogP contribution in [0.15, 0.2) is 30.9 Å². The van der Waals surface area contributed by atoms with Gasteiger partial charge < -0.3 is 9.80 Å². The summed E-state index contributed by atoms with van der Waals surface area (Å²) in [7, 11) is 0. The third-order valence-corrected chi connectivity index (χ3v) is 4.42. The van der Waals surface area contributed by atoms with Crippen molar-refractivity contribution in [2.45, 2.75) is 25.9 Å². The highest BCUT2D eigenvalue weighted by atomic mass is 19.4. The molecular weight excluding hydrogens is 363 g/mol. The fourth-order valence-corrected chi connectivity index (χ4v) is 3.25. The van der Waals surface area contributed by atoms with Gasteiger partial charge in [0.15, 0.2) is 0 Å². The summed E-state index contributed by atoms with van der Waals surface area (Å²) in [5.41, 5.74) is -0.0451. The van der Waals surface area contributed by atoms with Crippen LogP contribution < -0.4 is 4.90 Å². The zero-order valence-corrected chi connectivity index (χ0v) is 15.0. The van der Waals surface area contributed by atoms with E-state index in [1.165, 1.54) is 18.2 Å². The van der Waals surface area contributed by atoms with Gasteiger partial charge >= 0.3 is 6.18 Å². The van der Waals surface area contributed by atoms with E-state index in [-0.39, 0.29) is 17.8 Å². The van der Waals surface area contributed by atoms with Crippen LogP contribution in [0.1, 0.15) is 30.1 Å². The van der Waals surface area contributed by atoms with E-state index >= 15 is 0 Å². The second-order valence-corrected chi connectivity index (χ2v) is 6.74. The van der Waals surface area contributed by atoms with Gasteiger partial charge in [-0.05, 0) is 30.9 Å². The Morgan fingerprint density at radius 3 is 2.74 bits per heavy atom. The van der Waals surface area contributed by atoms with Gasteiger partial charge in [0.25, 0.3) is 11.6 Å². The van der Waals surface area contributed by atoms with Crippen LogP contribution in [0.3, 0.4) is 0 Å². The number of halogens is 3. The van der Waals surface area contributed by atoms with Crippen molar-refractivity contribution in [2.24, 2.45) is 5.92 Å². The van der Waals surface area contributed by atoms with Crippen LogP contribution in [0.25, 0.3) is 0 Å². The molecule has 1 aromatic carbocycles. The summed E-state index contributed by atoms with van der Waals surface area (Å²) >= 11 is 0. The Balaban J connectivity index is 2.34. The van der Waals surface area contributed by atoms with E-state index in [9.17, 15) is 28.1 Å². The van der Waals surface area contributed by atoms with Crippen molar-refractivity contribution in [1.29, 1.82) is 0 Å². The number of anilines is 1. The van der Waals surface area contributed by atoms with Crippen molar-refractivity contribution in [3.8, 4) is 0 Å². The Labute approximate surface area is 155 Å². The smallest absolute Gasteiger partial charge is 0.366 e. The SMILES string of the molecule is C=CCN(CC(F)(F)F)C(=O)c1ccc(N2CCCC(C)C2)c([N+](=O)[O-])c1. The molecule has 1 fully saturated rings. The van der Waals surface area contributed by atoms with Gasteiger partial charge in [-0.1, -0.05) is 13.0 Å². The van der Waals surface area contributed by atoms with Crippen molar-refractivity contribution in [2.75, 3.05) is 31.1 Å². The largest absolute Gasteiger partial charge is 0.406 e. The van der Waals surface area contributed by atoms with Crippen LogP contribution in [0.5, 0.6) is 0 Å². The van der Waals surface area contributed by atoms with Crippen molar-refractivity contribution in [1.82, 2.24) is 4.90 Å². The molecule has 6 nitrogen and oxygen atoms in total. The monoisotopic (exact) mass is 385 g/mol. The first-order chi connectivity index (χ1) is 12.6. The van der Waals surface area contributed by atoms with Gasteiger partial charge in [-0.15, -0.1) is 6.58 Å². The van der Waals surface area contributed by atoms with E-state index in [4.69, 9.17) is 0 Å². The normalized spacial score (nSPS) is 17.5. The highest BCUT2D eigenvalue weighted by molar-refractivity contribution is 5.96. The van der Waals surface area contributed by atoms with Crippen LogP contribution in [0, 0.1) is 16.0 Å². The molecular formula is C18H22F3N3O3. The summed E-state index contributed by atoms with van der Waals surface area (Å²) < 4.78 is 38.1. The number of alkyl halides is 3. The molecule has 1 atom stereocenters. The number of piperidine rings is 1. The number of rotatable bonds is 6. The van der Waals surface area contributed by atoms with Crippen LogP contribution in [0.2, 0.25) is 0 Å². The molecule has 0 bridgehead atoms. The molecule has 27 heavy (non-hydrogen) atoms. The fourth-order valence-electron chi connectivity index (χ4n) is 3.25. The summed E-state index contributed by atoms with van der Waals surface area (Å²) in [6.45, 7) is 4.98. The number of nitrogens with zero attached hydrogens (tertiary/aromatic N) is 3. The quantitative estimate of drug-likeness (QED) is 0.421. The standard InChI is InChI=1S/C18H22F3N3O3/c1-3-8-23(12-18(19,20)21)17(25)14-6-7-15(16(10-14)24(26)27)22-9-4-5-13(2)11-22/h3,6-7,10,13H,1,4-5,8-9,11-12H2,2H3.